The van der Waals surface area contributed by atoms with Gasteiger partial charge in [0.25, 0.3) is 5.69 Å². The van der Waals surface area contributed by atoms with Crippen molar-refractivity contribution < 1.29 is 32.4 Å². The summed E-state index contributed by atoms with van der Waals surface area (Å²) in [6.45, 7) is 2.82. The third-order valence-electron chi connectivity index (χ3n) is 4.75. The summed E-state index contributed by atoms with van der Waals surface area (Å²) in [5.41, 5.74) is 1.85. The van der Waals surface area contributed by atoms with Crippen molar-refractivity contribution in [3.63, 3.8) is 0 Å². The SMILES string of the molecule is COc1ccc(NC(=O)CCN(C)Cc2cc(C)c(OCC(F)(F)F)c(C)c2)c([N+](=O)[O-])c1. The van der Waals surface area contributed by atoms with Gasteiger partial charge in [-0.2, -0.15) is 13.2 Å². The number of halogens is 3. The van der Waals surface area contributed by atoms with Gasteiger partial charge in [-0.25, -0.2) is 0 Å². The Balaban J connectivity index is 1.94. The van der Waals surface area contributed by atoms with Crippen LogP contribution < -0.4 is 14.8 Å². The third kappa shape index (κ3) is 7.94. The van der Waals surface area contributed by atoms with Crippen LogP contribution in [0.3, 0.4) is 0 Å². The highest BCUT2D eigenvalue weighted by Gasteiger charge is 2.29. The van der Waals surface area contributed by atoms with Gasteiger partial charge in [-0.05, 0) is 49.7 Å². The van der Waals surface area contributed by atoms with Crippen LogP contribution in [-0.4, -0.2) is 49.2 Å². The van der Waals surface area contributed by atoms with E-state index in [-0.39, 0.29) is 23.5 Å². The number of benzene rings is 2. The Kier molecular flexibility index (Phi) is 8.63. The molecule has 1 amide bonds. The van der Waals surface area contributed by atoms with Crippen LogP contribution in [-0.2, 0) is 11.3 Å². The number of methoxy groups -OCH3 is 1. The molecule has 0 saturated carbocycles. The zero-order valence-electron chi connectivity index (χ0n) is 18.8. The number of anilines is 1. The summed E-state index contributed by atoms with van der Waals surface area (Å²) in [6.07, 6.45) is -4.32. The molecule has 0 saturated heterocycles. The molecule has 0 aliphatic heterocycles. The molecule has 0 aliphatic carbocycles. The van der Waals surface area contributed by atoms with Crippen molar-refractivity contribution >= 4 is 17.3 Å². The van der Waals surface area contributed by atoms with E-state index in [9.17, 15) is 28.1 Å². The number of alkyl halides is 3. The summed E-state index contributed by atoms with van der Waals surface area (Å²) >= 11 is 0. The van der Waals surface area contributed by atoms with E-state index in [1.54, 1.807) is 33.0 Å². The second kappa shape index (κ2) is 11.0. The molecule has 0 spiro atoms. The Labute approximate surface area is 189 Å². The Morgan fingerprint density at radius 1 is 1.18 bits per heavy atom. The van der Waals surface area contributed by atoms with Crippen LogP contribution >= 0.6 is 0 Å². The number of nitrogens with zero attached hydrogens (tertiary/aromatic N) is 2. The Hall–Kier alpha value is -3.34. The molecular weight excluding hydrogens is 443 g/mol. The molecule has 2 aromatic carbocycles. The van der Waals surface area contributed by atoms with Crippen molar-refractivity contribution in [1.82, 2.24) is 4.90 Å². The van der Waals surface area contributed by atoms with Gasteiger partial charge in [-0.3, -0.25) is 14.9 Å². The summed E-state index contributed by atoms with van der Waals surface area (Å²) in [6, 6.07) is 7.65. The zero-order chi connectivity index (χ0) is 24.8. The number of nitro benzene ring substituents is 1. The fraction of sp³-hybridized carbons (Fsp3) is 0.409. The minimum absolute atomic E-state index is 0.0779. The maximum atomic E-state index is 12.4. The quantitative estimate of drug-likeness (QED) is 0.403. The summed E-state index contributed by atoms with van der Waals surface area (Å²) in [7, 11) is 3.18. The lowest BCUT2D eigenvalue weighted by molar-refractivity contribution is -0.384. The molecule has 11 heteroatoms. The molecule has 0 atom stereocenters. The molecule has 8 nitrogen and oxygen atoms in total. The minimum Gasteiger partial charge on any atom is -0.496 e. The number of nitrogens with one attached hydrogen (secondary N) is 1. The maximum Gasteiger partial charge on any atom is 0.422 e. The topological polar surface area (TPSA) is 93.9 Å². The fourth-order valence-corrected chi connectivity index (χ4v) is 3.30. The average Bonchev–Trinajstić information content (AvgIpc) is 2.71. The van der Waals surface area contributed by atoms with Crippen molar-refractivity contribution in [2.45, 2.75) is 33.0 Å². The number of ether oxygens (including phenoxy) is 2. The zero-order valence-corrected chi connectivity index (χ0v) is 18.8. The van der Waals surface area contributed by atoms with Crippen molar-refractivity contribution in [2.24, 2.45) is 0 Å². The van der Waals surface area contributed by atoms with E-state index in [1.165, 1.54) is 25.3 Å². The Bertz CT molecular complexity index is 988. The van der Waals surface area contributed by atoms with Crippen LogP contribution in [0.15, 0.2) is 30.3 Å². The first kappa shape index (κ1) is 25.9. The lowest BCUT2D eigenvalue weighted by atomic mass is 10.1. The van der Waals surface area contributed by atoms with Crippen molar-refractivity contribution in [2.75, 3.05) is 32.6 Å². The third-order valence-corrected chi connectivity index (χ3v) is 4.75. The van der Waals surface area contributed by atoms with Crippen LogP contribution in [0, 0.1) is 24.0 Å². The van der Waals surface area contributed by atoms with Crippen molar-refractivity contribution in [3.05, 3.63) is 57.1 Å². The molecule has 0 radical (unpaired) electrons. The first-order valence-electron chi connectivity index (χ1n) is 10.00. The van der Waals surface area contributed by atoms with Gasteiger partial charge in [-0.1, -0.05) is 12.1 Å². The standard InChI is InChI=1S/C22H26F3N3O5/c1-14-9-16(10-15(2)21(14)33-13-22(23,24)25)12-27(3)8-7-20(29)26-18-6-5-17(32-4)11-19(18)28(30)31/h5-6,9-11H,7-8,12-13H2,1-4H3,(H,26,29). The molecule has 0 fully saturated rings. The van der Waals surface area contributed by atoms with E-state index in [0.29, 0.717) is 30.0 Å². The number of hydrogen-bond acceptors (Lipinski definition) is 6. The van der Waals surface area contributed by atoms with Crippen LogP contribution in [0.25, 0.3) is 0 Å². The number of carbonyl (C=O) groups excluding carboxylic acids is 1. The second-order valence-corrected chi connectivity index (χ2v) is 7.64. The Morgan fingerprint density at radius 2 is 1.82 bits per heavy atom. The van der Waals surface area contributed by atoms with E-state index in [1.807, 2.05) is 4.90 Å². The highest BCUT2D eigenvalue weighted by molar-refractivity contribution is 5.93. The van der Waals surface area contributed by atoms with E-state index in [4.69, 9.17) is 9.47 Å². The molecule has 0 heterocycles. The predicted octanol–water partition coefficient (Wildman–Crippen LogP) is 4.62. The summed E-state index contributed by atoms with van der Waals surface area (Å²) in [5, 5.41) is 13.8. The van der Waals surface area contributed by atoms with Gasteiger partial charge < -0.3 is 19.7 Å². The molecule has 1 N–H and O–H groups in total. The molecule has 0 unspecified atom stereocenters. The maximum absolute atomic E-state index is 12.4. The average molecular weight is 469 g/mol. The molecule has 0 aromatic heterocycles. The van der Waals surface area contributed by atoms with Crippen LogP contribution in [0.1, 0.15) is 23.1 Å². The summed E-state index contributed by atoms with van der Waals surface area (Å²) < 4.78 is 47.2. The predicted molar refractivity (Wildman–Crippen MR) is 117 cm³/mol. The Morgan fingerprint density at radius 3 is 2.36 bits per heavy atom. The van der Waals surface area contributed by atoms with Crippen LogP contribution in [0.2, 0.25) is 0 Å². The normalized spacial score (nSPS) is 11.4. The van der Waals surface area contributed by atoms with Gasteiger partial charge in [0, 0.05) is 19.5 Å². The number of carbonyl (C=O) groups is 1. The lowest BCUT2D eigenvalue weighted by Crippen LogP contribution is -2.24. The van der Waals surface area contributed by atoms with E-state index >= 15 is 0 Å². The molecule has 180 valence electrons. The van der Waals surface area contributed by atoms with Gasteiger partial charge in [-0.15, -0.1) is 0 Å². The number of aryl methyl sites for hydroxylation is 2. The van der Waals surface area contributed by atoms with Crippen LogP contribution in [0.4, 0.5) is 24.5 Å². The first-order valence-corrected chi connectivity index (χ1v) is 10.00. The van der Waals surface area contributed by atoms with E-state index < -0.39 is 23.6 Å². The molecule has 33 heavy (non-hydrogen) atoms. The highest BCUT2D eigenvalue weighted by atomic mass is 19.4. The molecule has 2 rings (SSSR count). The number of rotatable bonds is 10. The number of hydrogen-bond donors (Lipinski definition) is 1. The molecule has 0 aliphatic rings. The lowest BCUT2D eigenvalue weighted by Gasteiger charge is -2.19. The molecule has 0 bridgehead atoms. The van der Waals surface area contributed by atoms with Gasteiger partial charge in [0.1, 0.15) is 17.2 Å². The van der Waals surface area contributed by atoms with Crippen molar-refractivity contribution in [3.8, 4) is 11.5 Å². The van der Waals surface area contributed by atoms with Gasteiger partial charge in [0.2, 0.25) is 5.91 Å². The van der Waals surface area contributed by atoms with Gasteiger partial charge in [0.15, 0.2) is 6.61 Å². The van der Waals surface area contributed by atoms with E-state index in [2.05, 4.69) is 5.32 Å². The minimum atomic E-state index is -4.41. The summed E-state index contributed by atoms with van der Waals surface area (Å²) in [4.78, 5) is 24.8. The smallest absolute Gasteiger partial charge is 0.422 e. The monoisotopic (exact) mass is 469 g/mol. The van der Waals surface area contributed by atoms with Gasteiger partial charge >= 0.3 is 6.18 Å². The number of nitro groups is 1. The van der Waals surface area contributed by atoms with Crippen molar-refractivity contribution in [1.29, 1.82) is 0 Å². The molecule has 2 aromatic rings. The van der Waals surface area contributed by atoms with E-state index in [0.717, 1.165) is 5.56 Å². The first-order chi connectivity index (χ1) is 15.4. The second-order valence-electron chi connectivity index (χ2n) is 7.64. The summed E-state index contributed by atoms with van der Waals surface area (Å²) in [5.74, 6) is 0.123. The number of amides is 1. The van der Waals surface area contributed by atoms with Gasteiger partial charge in [0.05, 0.1) is 18.1 Å². The van der Waals surface area contributed by atoms with Crippen LogP contribution in [0.5, 0.6) is 11.5 Å². The molecular formula is C22H26F3N3O5. The highest BCUT2D eigenvalue weighted by Crippen LogP contribution is 2.29. The largest absolute Gasteiger partial charge is 0.496 e. The fourth-order valence-electron chi connectivity index (χ4n) is 3.30.